The lowest BCUT2D eigenvalue weighted by Crippen LogP contribution is -2.13. The Balaban J connectivity index is 3.00. The molecule has 0 unspecified atom stereocenters. The molecule has 2 rings (SSSR count). The number of carbonyl (C=O) groups excluding carboxylic acids is 2. The molecule has 0 amide bonds. The zero-order valence-corrected chi connectivity index (χ0v) is 11.6. The Bertz CT molecular complexity index is 762. The molecule has 0 atom stereocenters. The number of nitrogens with zero attached hydrogens (tertiary/aromatic N) is 2. The molecule has 0 aliphatic carbocycles. The number of nitro groups is 1. The van der Waals surface area contributed by atoms with Crippen molar-refractivity contribution in [2.45, 2.75) is 6.92 Å². The maximum Gasteiger partial charge on any atom is 0.356 e. The average Bonchev–Trinajstić information content (AvgIpc) is 2.79. The fourth-order valence-corrected chi connectivity index (χ4v) is 2.12. The third-order valence-electron chi connectivity index (χ3n) is 3.00. The monoisotopic (exact) mass is 292 g/mol. The van der Waals surface area contributed by atoms with Crippen LogP contribution in [0.2, 0.25) is 0 Å². The van der Waals surface area contributed by atoms with Crippen molar-refractivity contribution in [2.75, 3.05) is 14.2 Å². The van der Waals surface area contributed by atoms with Crippen LogP contribution in [0, 0.1) is 17.0 Å². The molecule has 0 spiro atoms. The highest BCUT2D eigenvalue weighted by atomic mass is 16.6. The second kappa shape index (κ2) is 5.23. The first kappa shape index (κ1) is 14.5. The van der Waals surface area contributed by atoms with Gasteiger partial charge >= 0.3 is 17.6 Å². The van der Waals surface area contributed by atoms with E-state index in [2.05, 4.69) is 9.47 Å². The van der Waals surface area contributed by atoms with Crippen LogP contribution in [0.4, 0.5) is 5.69 Å². The summed E-state index contributed by atoms with van der Waals surface area (Å²) in [6.07, 6.45) is 1.51. The van der Waals surface area contributed by atoms with E-state index in [0.717, 1.165) is 19.8 Å². The van der Waals surface area contributed by atoms with E-state index < -0.39 is 28.1 Å². The van der Waals surface area contributed by atoms with Crippen LogP contribution in [0.25, 0.3) is 5.52 Å². The second-order valence-corrected chi connectivity index (χ2v) is 4.27. The fraction of sp³-hybridized carbons (Fsp3) is 0.231. The number of aryl methyl sites for hydroxylation is 1. The Labute approximate surface area is 119 Å². The largest absolute Gasteiger partial charge is 0.465 e. The van der Waals surface area contributed by atoms with Crippen LogP contribution in [-0.2, 0) is 9.47 Å². The SMILES string of the molecule is COC(=O)c1c([N+](=O)[O-])c2ccc(C)cn2c1C(=O)OC. The zero-order valence-electron chi connectivity index (χ0n) is 11.6. The predicted octanol–water partition coefficient (Wildman–Crippen LogP) is 1.73. The number of rotatable bonds is 3. The molecule has 8 heteroatoms. The van der Waals surface area contributed by atoms with Crippen LogP contribution >= 0.6 is 0 Å². The molecule has 0 saturated heterocycles. The molecule has 2 aromatic rings. The molecule has 21 heavy (non-hydrogen) atoms. The van der Waals surface area contributed by atoms with Crippen LogP contribution in [0.1, 0.15) is 26.4 Å². The molecule has 2 heterocycles. The van der Waals surface area contributed by atoms with Crippen LogP contribution < -0.4 is 0 Å². The molecule has 110 valence electrons. The number of fused-ring (bicyclic) bond motifs is 1. The minimum Gasteiger partial charge on any atom is -0.465 e. The summed E-state index contributed by atoms with van der Waals surface area (Å²) in [7, 11) is 2.21. The Morgan fingerprint density at radius 2 is 1.81 bits per heavy atom. The summed E-state index contributed by atoms with van der Waals surface area (Å²) in [5, 5.41) is 11.3. The van der Waals surface area contributed by atoms with Crippen molar-refractivity contribution in [3.8, 4) is 0 Å². The normalized spacial score (nSPS) is 10.4. The summed E-state index contributed by atoms with van der Waals surface area (Å²) in [4.78, 5) is 34.4. The van der Waals surface area contributed by atoms with E-state index >= 15 is 0 Å². The van der Waals surface area contributed by atoms with E-state index in [1.165, 1.54) is 16.7 Å². The Morgan fingerprint density at radius 1 is 1.19 bits per heavy atom. The van der Waals surface area contributed by atoms with Gasteiger partial charge in [0.2, 0.25) is 0 Å². The van der Waals surface area contributed by atoms with Crippen LogP contribution in [0.3, 0.4) is 0 Å². The standard InChI is InChI=1S/C13H12N2O6/c1-7-4-5-8-10(15(18)19)9(12(16)20-2)11(13(17)21-3)14(8)6-7/h4-6H,1-3H3. The Morgan fingerprint density at radius 3 is 2.33 bits per heavy atom. The highest BCUT2D eigenvalue weighted by molar-refractivity contribution is 6.08. The molecule has 0 aliphatic rings. The molecular weight excluding hydrogens is 280 g/mol. The lowest BCUT2D eigenvalue weighted by Gasteiger charge is -2.03. The smallest absolute Gasteiger partial charge is 0.356 e. The molecular formula is C13H12N2O6. The topological polar surface area (TPSA) is 100 Å². The summed E-state index contributed by atoms with van der Waals surface area (Å²) in [6.45, 7) is 1.75. The van der Waals surface area contributed by atoms with E-state index in [4.69, 9.17) is 0 Å². The van der Waals surface area contributed by atoms with Crippen molar-refractivity contribution in [3.05, 3.63) is 45.3 Å². The number of esters is 2. The molecule has 0 radical (unpaired) electrons. The zero-order chi connectivity index (χ0) is 15.7. The first-order chi connectivity index (χ1) is 9.92. The van der Waals surface area contributed by atoms with Gasteiger partial charge in [0.15, 0.2) is 11.3 Å². The molecule has 0 aliphatic heterocycles. The van der Waals surface area contributed by atoms with Crippen molar-refractivity contribution in [3.63, 3.8) is 0 Å². The van der Waals surface area contributed by atoms with Crippen LogP contribution in [-0.4, -0.2) is 35.5 Å². The molecule has 0 bridgehead atoms. The molecule has 0 fully saturated rings. The number of carbonyl (C=O) groups is 2. The summed E-state index contributed by atoms with van der Waals surface area (Å²) in [5.74, 6) is -1.83. The van der Waals surface area contributed by atoms with Gasteiger partial charge in [-0.25, -0.2) is 9.59 Å². The number of pyridine rings is 1. The van der Waals surface area contributed by atoms with Gasteiger partial charge in [-0.15, -0.1) is 0 Å². The van der Waals surface area contributed by atoms with E-state index in [1.807, 2.05) is 0 Å². The van der Waals surface area contributed by atoms with Crippen molar-refractivity contribution >= 4 is 23.1 Å². The third-order valence-corrected chi connectivity index (χ3v) is 3.00. The van der Waals surface area contributed by atoms with E-state index in [0.29, 0.717) is 0 Å². The number of hydrogen-bond donors (Lipinski definition) is 0. The number of methoxy groups -OCH3 is 2. The summed E-state index contributed by atoms with van der Waals surface area (Å²) >= 11 is 0. The van der Waals surface area contributed by atoms with Gasteiger partial charge in [-0.2, -0.15) is 0 Å². The molecule has 0 aromatic carbocycles. The minimum atomic E-state index is -0.969. The molecule has 0 N–H and O–H groups in total. The number of ether oxygens (including phenoxy) is 2. The van der Waals surface area contributed by atoms with Crippen molar-refractivity contribution in [1.29, 1.82) is 0 Å². The van der Waals surface area contributed by atoms with E-state index in [-0.39, 0.29) is 11.2 Å². The van der Waals surface area contributed by atoms with Gasteiger partial charge in [0.05, 0.1) is 19.1 Å². The summed E-state index contributed by atoms with van der Waals surface area (Å²) in [5.41, 5.74) is -0.252. The molecule has 0 saturated carbocycles. The predicted molar refractivity (Wildman–Crippen MR) is 71.5 cm³/mol. The van der Waals surface area contributed by atoms with Gasteiger partial charge in [0.25, 0.3) is 0 Å². The van der Waals surface area contributed by atoms with Crippen molar-refractivity contribution in [2.24, 2.45) is 0 Å². The van der Waals surface area contributed by atoms with Crippen molar-refractivity contribution < 1.29 is 24.0 Å². The Kier molecular flexibility index (Phi) is 3.62. The average molecular weight is 292 g/mol. The maximum atomic E-state index is 11.9. The number of hydrogen-bond acceptors (Lipinski definition) is 6. The quantitative estimate of drug-likeness (QED) is 0.485. The molecule has 8 nitrogen and oxygen atoms in total. The van der Waals surface area contributed by atoms with Gasteiger partial charge in [0, 0.05) is 6.20 Å². The van der Waals surface area contributed by atoms with Crippen LogP contribution in [0.5, 0.6) is 0 Å². The van der Waals surface area contributed by atoms with Gasteiger partial charge in [-0.05, 0) is 18.6 Å². The van der Waals surface area contributed by atoms with Gasteiger partial charge < -0.3 is 13.9 Å². The summed E-state index contributed by atoms with van der Waals surface area (Å²) < 4.78 is 10.4. The summed E-state index contributed by atoms with van der Waals surface area (Å²) in [6, 6.07) is 3.11. The van der Waals surface area contributed by atoms with E-state index in [9.17, 15) is 19.7 Å². The fourth-order valence-electron chi connectivity index (χ4n) is 2.12. The first-order valence-electron chi connectivity index (χ1n) is 5.88. The first-order valence-corrected chi connectivity index (χ1v) is 5.88. The van der Waals surface area contributed by atoms with Gasteiger partial charge in [-0.1, -0.05) is 6.07 Å². The second-order valence-electron chi connectivity index (χ2n) is 4.27. The van der Waals surface area contributed by atoms with Gasteiger partial charge in [0.1, 0.15) is 5.52 Å². The number of aromatic nitrogens is 1. The minimum absolute atomic E-state index is 0.117. The third kappa shape index (κ3) is 2.20. The molecule has 2 aromatic heterocycles. The van der Waals surface area contributed by atoms with Crippen molar-refractivity contribution in [1.82, 2.24) is 4.40 Å². The van der Waals surface area contributed by atoms with Crippen LogP contribution in [0.15, 0.2) is 18.3 Å². The van der Waals surface area contributed by atoms with Gasteiger partial charge in [-0.3, -0.25) is 10.1 Å². The van der Waals surface area contributed by atoms with E-state index in [1.54, 1.807) is 13.0 Å². The maximum absolute atomic E-state index is 11.9. The highest BCUT2D eigenvalue weighted by Crippen LogP contribution is 2.32. The Hall–Kier alpha value is -2.90. The lowest BCUT2D eigenvalue weighted by molar-refractivity contribution is -0.383. The lowest BCUT2D eigenvalue weighted by atomic mass is 10.2. The highest BCUT2D eigenvalue weighted by Gasteiger charge is 2.36.